The van der Waals surface area contributed by atoms with Gasteiger partial charge < -0.3 is 29.6 Å². The van der Waals surface area contributed by atoms with Crippen molar-refractivity contribution in [3.63, 3.8) is 0 Å². The van der Waals surface area contributed by atoms with E-state index in [0.717, 1.165) is 9.79 Å². The molecule has 2 rings (SSSR count). The van der Waals surface area contributed by atoms with Crippen molar-refractivity contribution < 1.29 is 46.5 Å². The Morgan fingerprint density at radius 2 is 0.978 bits per heavy atom. The molecule has 0 unspecified atom stereocenters. The van der Waals surface area contributed by atoms with Crippen molar-refractivity contribution in [2.75, 3.05) is 51.0 Å². The molecule has 0 atom stereocenters. The molecule has 2 aromatic carbocycles. The molecule has 0 heterocycles. The average molecular weight is 681 g/mol. The number of sulfone groups is 1. The number of benzene rings is 2. The molecule has 0 fully saturated rings. The Labute approximate surface area is 271 Å². The minimum absolute atomic E-state index is 0.00566. The number of carbonyl (C=O) groups excluding carboxylic acids is 4. The highest BCUT2D eigenvalue weighted by Crippen LogP contribution is 2.26. The van der Waals surface area contributed by atoms with Crippen LogP contribution >= 0.6 is 23.5 Å². The third-order valence-electron chi connectivity index (χ3n) is 5.34. The molecule has 0 aliphatic carbocycles. The standard InChI is InChI=1S/C30H36N2O10S3/c1-21(2)27(33)39-15-13-31-29(35)41-17-19-43-23-5-9-25(10-6-23)45(37,38)26-11-7-24(8-12-26)44-20-18-42-30(36)32-14-16-40-28(34)22(3)4/h5-12H,1,3,13-20H2,2,4H3,(H,31,35)(H,32,36). The van der Waals surface area contributed by atoms with Crippen molar-refractivity contribution >= 4 is 57.5 Å². The molecule has 12 nitrogen and oxygen atoms in total. The van der Waals surface area contributed by atoms with E-state index >= 15 is 0 Å². The van der Waals surface area contributed by atoms with Gasteiger partial charge in [-0.25, -0.2) is 27.6 Å². The highest BCUT2D eigenvalue weighted by atomic mass is 32.2. The van der Waals surface area contributed by atoms with E-state index in [-0.39, 0.29) is 60.5 Å². The van der Waals surface area contributed by atoms with E-state index in [9.17, 15) is 27.6 Å². The summed E-state index contributed by atoms with van der Waals surface area (Å²) in [6.45, 7) is 10.5. The summed E-state index contributed by atoms with van der Waals surface area (Å²) in [6, 6.07) is 12.8. The van der Waals surface area contributed by atoms with Crippen LogP contribution in [0.1, 0.15) is 13.8 Å². The Balaban J connectivity index is 1.69. The van der Waals surface area contributed by atoms with Crippen LogP contribution in [0.5, 0.6) is 0 Å². The predicted molar refractivity (Wildman–Crippen MR) is 170 cm³/mol. The Hall–Kier alpha value is -3.95. The van der Waals surface area contributed by atoms with E-state index in [1.165, 1.54) is 61.6 Å². The van der Waals surface area contributed by atoms with Crippen LogP contribution in [0.4, 0.5) is 9.59 Å². The maximum absolute atomic E-state index is 13.1. The minimum atomic E-state index is -3.73. The number of nitrogens with one attached hydrogen (secondary N) is 2. The highest BCUT2D eigenvalue weighted by molar-refractivity contribution is 7.99. The molecule has 0 spiro atoms. The summed E-state index contributed by atoms with van der Waals surface area (Å²) in [5, 5.41) is 4.94. The number of alkyl carbamates (subject to hydrolysis) is 2. The maximum atomic E-state index is 13.1. The van der Waals surface area contributed by atoms with Gasteiger partial charge in [-0.15, -0.1) is 23.5 Å². The van der Waals surface area contributed by atoms with Crippen LogP contribution in [0.25, 0.3) is 0 Å². The van der Waals surface area contributed by atoms with Crippen molar-refractivity contribution in [1.29, 1.82) is 0 Å². The SMILES string of the molecule is C=C(C)C(=O)OCCNC(=O)OCCSc1ccc(S(=O)(=O)c2ccc(SCCOC(=O)NCCOC(=O)C(=C)C)cc2)cc1. The Kier molecular flexibility index (Phi) is 16.1. The fraction of sp³-hybridized carbons (Fsp3) is 0.333. The average Bonchev–Trinajstić information content (AvgIpc) is 3.01. The van der Waals surface area contributed by atoms with Crippen LogP contribution in [-0.4, -0.2) is 83.6 Å². The fourth-order valence-electron chi connectivity index (χ4n) is 3.10. The lowest BCUT2D eigenvalue weighted by molar-refractivity contribution is -0.139. The monoisotopic (exact) mass is 680 g/mol. The Bertz CT molecular complexity index is 1340. The van der Waals surface area contributed by atoms with E-state index in [0.29, 0.717) is 11.5 Å². The van der Waals surface area contributed by atoms with E-state index in [1.807, 2.05) is 0 Å². The van der Waals surface area contributed by atoms with E-state index in [2.05, 4.69) is 23.8 Å². The second-order valence-corrected chi connectivity index (χ2v) is 13.4. The lowest BCUT2D eigenvalue weighted by Crippen LogP contribution is -2.29. The number of hydrogen-bond acceptors (Lipinski definition) is 12. The van der Waals surface area contributed by atoms with Crippen LogP contribution in [-0.2, 0) is 38.4 Å². The summed E-state index contributed by atoms with van der Waals surface area (Å²) < 4.78 is 46.0. The third-order valence-corrected chi connectivity index (χ3v) is 9.08. The van der Waals surface area contributed by atoms with Crippen molar-refractivity contribution in [2.24, 2.45) is 0 Å². The Morgan fingerprint density at radius 1 is 0.622 bits per heavy atom. The Morgan fingerprint density at radius 3 is 1.31 bits per heavy atom. The fourth-order valence-corrected chi connectivity index (χ4v) is 5.82. The van der Waals surface area contributed by atoms with Crippen molar-refractivity contribution in [2.45, 2.75) is 33.4 Å². The van der Waals surface area contributed by atoms with Gasteiger partial charge in [-0.2, -0.15) is 0 Å². The number of amides is 2. The lowest BCUT2D eigenvalue weighted by Gasteiger charge is -2.09. The highest BCUT2D eigenvalue weighted by Gasteiger charge is 2.17. The molecule has 0 aliphatic heterocycles. The van der Waals surface area contributed by atoms with Crippen molar-refractivity contribution in [3.05, 3.63) is 72.8 Å². The minimum Gasteiger partial charge on any atom is -0.460 e. The zero-order valence-electron chi connectivity index (χ0n) is 25.0. The number of esters is 2. The van der Waals surface area contributed by atoms with Crippen LogP contribution in [0.2, 0.25) is 0 Å². The normalized spacial score (nSPS) is 10.7. The quantitative estimate of drug-likeness (QED) is 0.0752. The second kappa shape index (κ2) is 19.4. The summed E-state index contributed by atoms with van der Waals surface area (Å²) in [6.07, 6.45) is -1.28. The van der Waals surface area contributed by atoms with Gasteiger partial charge in [0.05, 0.1) is 22.9 Å². The number of rotatable bonds is 18. The molecule has 0 aromatic heterocycles. The van der Waals surface area contributed by atoms with Gasteiger partial charge >= 0.3 is 24.1 Å². The van der Waals surface area contributed by atoms with Gasteiger partial charge in [0.1, 0.15) is 26.4 Å². The molecular weight excluding hydrogens is 645 g/mol. The smallest absolute Gasteiger partial charge is 0.407 e. The predicted octanol–water partition coefficient (Wildman–Crippen LogP) is 4.39. The van der Waals surface area contributed by atoms with Gasteiger partial charge in [-0.1, -0.05) is 13.2 Å². The maximum Gasteiger partial charge on any atom is 0.407 e. The first-order valence-corrected chi connectivity index (χ1v) is 17.0. The van der Waals surface area contributed by atoms with Gasteiger partial charge in [0, 0.05) is 32.4 Å². The van der Waals surface area contributed by atoms with Crippen LogP contribution < -0.4 is 10.6 Å². The molecule has 0 aliphatic rings. The zero-order chi connectivity index (χ0) is 33.2. The summed E-state index contributed by atoms with van der Waals surface area (Å²) >= 11 is 2.79. The van der Waals surface area contributed by atoms with Crippen LogP contribution in [0, 0.1) is 0 Å². The molecule has 0 bridgehead atoms. The molecule has 2 amide bonds. The largest absolute Gasteiger partial charge is 0.460 e. The summed E-state index contributed by atoms with van der Waals surface area (Å²) in [7, 11) is -3.73. The van der Waals surface area contributed by atoms with Crippen molar-refractivity contribution in [3.8, 4) is 0 Å². The van der Waals surface area contributed by atoms with Gasteiger partial charge in [-0.05, 0) is 62.4 Å². The van der Waals surface area contributed by atoms with Gasteiger partial charge in [0.2, 0.25) is 9.84 Å². The van der Waals surface area contributed by atoms with Gasteiger partial charge in [0.25, 0.3) is 0 Å². The van der Waals surface area contributed by atoms with E-state index in [1.54, 1.807) is 24.3 Å². The number of thioether (sulfide) groups is 2. The number of ether oxygens (including phenoxy) is 4. The molecular formula is C30H36N2O10S3. The first-order chi connectivity index (χ1) is 21.4. The first-order valence-electron chi connectivity index (χ1n) is 13.6. The molecule has 45 heavy (non-hydrogen) atoms. The summed E-state index contributed by atoms with van der Waals surface area (Å²) in [5.74, 6) is -0.163. The van der Waals surface area contributed by atoms with Gasteiger partial charge in [-0.3, -0.25) is 0 Å². The molecule has 15 heteroatoms. The molecule has 0 saturated carbocycles. The topological polar surface area (TPSA) is 163 Å². The van der Waals surface area contributed by atoms with Crippen LogP contribution in [0.15, 0.2) is 92.4 Å². The van der Waals surface area contributed by atoms with Crippen molar-refractivity contribution in [1.82, 2.24) is 10.6 Å². The molecule has 2 aromatic rings. The second-order valence-electron chi connectivity index (χ2n) is 9.10. The first kappa shape index (κ1) is 37.2. The van der Waals surface area contributed by atoms with Crippen LogP contribution in [0.3, 0.4) is 0 Å². The molecule has 0 radical (unpaired) electrons. The summed E-state index contributed by atoms with van der Waals surface area (Å²) in [5.41, 5.74) is 0.544. The number of carbonyl (C=O) groups is 4. The third kappa shape index (κ3) is 14.1. The molecule has 0 saturated heterocycles. The number of hydrogen-bond donors (Lipinski definition) is 2. The molecule has 244 valence electrons. The van der Waals surface area contributed by atoms with E-state index < -0.39 is 34.0 Å². The van der Waals surface area contributed by atoms with E-state index in [4.69, 9.17) is 18.9 Å². The zero-order valence-corrected chi connectivity index (χ0v) is 27.4. The molecule has 2 N–H and O–H groups in total. The van der Waals surface area contributed by atoms with Gasteiger partial charge in [0.15, 0.2) is 0 Å². The summed E-state index contributed by atoms with van der Waals surface area (Å²) in [4.78, 5) is 47.8. The lowest BCUT2D eigenvalue weighted by atomic mass is 10.4.